The fourth-order valence-corrected chi connectivity index (χ4v) is 3.09. The highest BCUT2D eigenvalue weighted by Gasteiger charge is 2.33. The average molecular weight is 304 g/mol. The first-order valence-electron chi connectivity index (χ1n) is 5.97. The Morgan fingerprint density at radius 2 is 1.95 bits per heavy atom. The van der Waals surface area contributed by atoms with E-state index in [0.29, 0.717) is 12.5 Å². The third-order valence-corrected chi connectivity index (χ3v) is 5.56. The number of rotatable bonds is 5. The highest BCUT2D eigenvalue weighted by Crippen LogP contribution is 2.27. The number of hydrogen-bond donors (Lipinski definition) is 0. The van der Waals surface area contributed by atoms with Crippen molar-refractivity contribution < 1.29 is 17.7 Å². The van der Waals surface area contributed by atoms with E-state index in [1.54, 1.807) is 13.8 Å². The number of halogens is 1. The fraction of sp³-hybridized carbons (Fsp3) is 0.500. The maximum absolute atomic E-state index is 13.5. The van der Waals surface area contributed by atoms with Crippen LogP contribution in [0.5, 0.6) is 0 Å². The minimum Gasteiger partial charge on any atom is -0.258 e. The molecular weight excluding hydrogens is 287 g/mol. The van der Waals surface area contributed by atoms with Gasteiger partial charge >= 0.3 is 5.69 Å². The summed E-state index contributed by atoms with van der Waals surface area (Å²) in [4.78, 5) is 9.33. The highest BCUT2D eigenvalue weighted by molar-refractivity contribution is 7.89. The molecule has 0 radical (unpaired) electrons. The van der Waals surface area contributed by atoms with Gasteiger partial charge in [-0.1, -0.05) is 6.92 Å². The van der Waals surface area contributed by atoms with E-state index in [2.05, 4.69) is 0 Å². The normalized spacial score (nSPS) is 12.7. The summed E-state index contributed by atoms with van der Waals surface area (Å²) in [6, 6.07) is 2.57. The Labute approximate surface area is 117 Å². The Hall–Kier alpha value is -1.54. The smallest absolute Gasteiger partial charge is 0.258 e. The van der Waals surface area contributed by atoms with Gasteiger partial charge in [0.25, 0.3) is 0 Å². The zero-order valence-corrected chi connectivity index (χ0v) is 12.6. The molecule has 0 saturated heterocycles. The lowest BCUT2D eigenvalue weighted by Crippen LogP contribution is -2.44. The van der Waals surface area contributed by atoms with Crippen LogP contribution in [0.15, 0.2) is 23.1 Å². The summed E-state index contributed by atoms with van der Waals surface area (Å²) in [5.41, 5.74) is -1.39. The van der Waals surface area contributed by atoms with Crippen LogP contribution >= 0.6 is 0 Å². The molecule has 0 N–H and O–H groups in total. The summed E-state index contributed by atoms with van der Waals surface area (Å²) in [7, 11) is -2.50. The number of nitro benzene ring substituents is 1. The predicted molar refractivity (Wildman–Crippen MR) is 72.4 cm³/mol. The molecule has 20 heavy (non-hydrogen) atoms. The molecule has 112 valence electrons. The van der Waals surface area contributed by atoms with Gasteiger partial charge in [-0.15, -0.1) is 0 Å². The summed E-state index contributed by atoms with van der Waals surface area (Å²) in [5.74, 6) is -1.17. The van der Waals surface area contributed by atoms with Gasteiger partial charge < -0.3 is 0 Å². The first-order chi connectivity index (χ1) is 9.04. The quantitative estimate of drug-likeness (QED) is 0.618. The Kier molecular flexibility index (Phi) is 4.50. The van der Waals surface area contributed by atoms with Gasteiger partial charge in [-0.2, -0.15) is 8.70 Å². The van der Waals surface area contributed by atoms with Crippen molar-refractivity contribution in [1.29, 1.82) is 0 Å². The third kappa shape index (κ3) is 2.96. The molecule has 0 amide bonds. The number of hydrogen-bond acceptors (Lipinski definition) is 4. The molecule has 0 heterocycles. The molecule has 0 aliphatic rings. The van der Waals surface area contributed by atoms with Gasteiger partial charge in [0.15, 0.2) is 0 Å². The van der Waals surface area contributed by atoms with Crippen molar-refractivity contribution in [2.24, 2.45) is 0 Å². The van der Waals surface area contributed by atoms with Gasteiger partial charge in [-0.25, -0.2) is 8.42 Å². The van der Waals surface area contributed by atoms with Crippen LogP contribution in [-0.4, -0.2) is 30.2 Å². The van der Waals surface area contributed by atoms with Crippen molar-refractivity contribution in [3.8, 4) is 0 Å². The topological polar surface area (TPSA) is 80.5 Å². The summed E-state index contributed by atoms with van der Waals surface area (Å²) in [6.07, 6.45) is 0.568. The van der Waals surface area contributed by atoms with Gasteiger partial charge in [0.2, 0.25) is 15.8 Å². The SMILES string of the molecule is CCC(C)(C)N(C)S(=O)(=O)c1ccc([N+](=O)[O-])c(F)c1. The summed E-state index contributed by atoms with van der Waals surface area (Å²) in [5, 5.41) is 10.5. The van der Waals surface area contributed by atoms with Gasteiger partial charge in [-0.3, -0.25) is 10.1 Å². The molecule has 0 fully saturated rings. The molecular formula is C12H17FN2O4S. The van der Waals surface area contributed by atoms with Gasteiger partial charge in [0.1, 0.15) is 0 Å². The van der Waals surface area contributed by atoms with E-state index in [1.165, 1.54) is 7.05 Å². The first-order valence-corrected chi connectivity index (χ1v) is 7.41. The molecule has 6 nitrogen and oxygen atoms in total. The molecule has 1 rings (SSSR count). The molecule has 0 bridgehead atoms. The molecule has 0 unspecified atom stereocenters. The van der Waals surface area contributed by atoms with Crippen molar-refractivity contribution in [3.63, 3.8) is 0 Å². The van der Waals surface area contributed by atoms with E-state index in [9.17, 15) is 22.9 Å². The minimum atomic E-state index is -3.90. The van der Waals surface area contributed by atoms with Crippen molar-refractivity contribution in [2.75, 3.05) is 7.05 Å². The van der Waals surface area contributed by atoms with E-state index in [0.717, 1.165) is 16.4 Å². The van der Waals surface area contributed by atoms with E-state index >= 15 is 0 Å². The van der Waals surface area contributed by atoms with Crippen molar-refractivity contribution in [2.45, 2.75) is 37.6 Å². The Morgan fingerprint density at radius 1 is 1.40 bits per heavy atom. The Bertz CT molecular complexity index is 628. The van der Waals surface area contributed by atoms with Gasteiger partial charge in [0, 0.05) is 24.7 Å². The van der Waals surface area contributed by atoms with E-state index in [1.807, 2.05) is 6.92 Å². The lowest BCUT2D eigenvalue weighted by molar-refractivity contribution is -0.387. The summed E-state index contributed by atoms with van der Waals surface area (Å²) in [6.45, 7) is 5.32. The van der Waals surface area contributed by atoms with Crippen molar-refractivity contribution in [3.05, 3.63) is 34.1 Å². The van der Waals surface area contributed by atoms with Crippen LogP contribution in [0.1, 0.15) is 27.2 Å². The van der Waals surface area contributed by atoms with Crippen LogP contribution in [0.2, 0.25) is 0 Å². The second kappa shape index (κ2) is 5.45. The lowest BCUT2D eigenvalue weighted by atomic mass is 10.0. The molecule has 0 saturated carbocycles. The standard InChI is InChI=1S/C12H17FN2O4S/c1-5-12(2,3)14(4)20(18,19)9-6-7-11(15(16)17)10(13)8-9/h6-8H,5H2,1-4H3. The van der Waals surface area contributed by atoms with E-state index < -0.39 is 32.0 Å². The Balaban J connectivity index is 3.31. The van der Waals surface area contributed by atoms with Crippen LogP contribution in [0, 0.1) is 15.9 Å². The third-order valence-electron chi connectivity index (χ3n) is 3.49. The van der Waals surface area contributed by atoms with Crippen LogP contribution in [0.4, 0.5) is 10.1 Å². The van der Waals surface area contributed by atoms with Crippen LogP contribution in [-0.2, 0) is 10.0 Å². The number of nitrogens with zero attached hydrogens (tertiary/aromatic N) is 2. The number of nitro groups is 1. The second-order valence-corrected chi connectivity index (χ2v) is 6.98. The zero-order valence-electron chi connectivity index (χ0n) is 11.8. The molecule has 0 aliphatic carbocycles. The van der Waals surface area contributed by atoms with Crippen LogP contribution in [0.25, 0.3) is 0 Å². The molecule has 0 aliphatic heterocycles. The largest absolute Gasteiger partial charge is 0.304 e. The van der Waals surface area contributed by atoms with Gasteiger partial charge in [-0.05, 0) is 26.3 Å². The van der Waals surface area contributed by atoms with Crippen molar-refractivity contribution >= 4 is 15.7 Å². The molecule has 0 atom stereocenters. The molecule has 8 heteroatoms. The zero-order chi connectivity index (χ0) is 15.7. The lowest BCUT2D eigenvalue weighted by Gasteiger charge is -2.33. The maximum Gasteiger partial charge on any atom is 0.304 e. The van der Waals surface area contributed by atoms with E-state index in [4.69, 9.17) is 0 Å². The van der Waals surface area contributed by atoms with Crippen LogP contribution < -0.4 is 0 Å². The molecule has 0 spiro atoms. The Morgan fingerprint density at radius 3 is 2.35 bits per heavy atom. The molecule has 1 aromatic rings. The average Bonchev–Trinajstić information content (AvgIpc) is 2.37. The fourth-order valence-electron chi connectivity index (χ4n) is 1.50. The first kappa shape index (κ1) is 16.5. The summed E-state index contributed by atoms with van der Waals surface area (Å²) < 4.78 is 39.4. The van der Waals surface area contributed by atoms with E-state index in [-0.39, 0.29) is 4.90 Å². The molecule has 0 aromatic heterocycles. The second-order valence-electron chi connectivity index (χ2n) is 5.01. The molecule has 1 aromatic carbocycles. The monoisotopic (exact) mass is 304 g/mol. The minimum absolute atomic E-state index is 0.301. The number of benzene rings is 1. The maximum atomic E-state index is 13.5. The van der Waals surface area contributed by atoms with Crippen molar-refractivity contribution in [1.82, 2.24) is 4.31 Å². The van der Waals surface area contributed by atoms with Gasteiger partial charge in [0.05, 0.1) is 9.82 Å². The summed E-state index contributed by atoms with van der Waals surface area (Å²) >= 11 is 0. The van der Waals surface area contributed by atoms with Crippen LogP contribution in [0.3, 0.4) is 0 Å². The predicted octanol–water partition coefficient (Wildman–Crippen LogP) is 2.54. The number of sulfonamides is 1. The highest BCUT2D eigenvalue weighted by atomic mass is 32.2.